The van der Waals surface area contributed by atoms with Gasteiger partial charge in [-0.05, 0) is 66.8 Å². The van der Waals surface area contributed by atoms with E-state index in [0.29, 0.717) is 74.4 Å². The van der Waals surface area contributed by atoms with Crippen LogP contribution in [0.4, 0.5) is 0 Å². The molecule has 0 radical (unpaired) electrons. The number of likely N-dealkylation sites (tertiary alicyclic amines) is 1. The van der Waals surface area contributed by atoms with Crippen LogP contribution in [-0.4, -0.2) is 66.7 Å². The maximum atomic E-state index is 12.9. The summed E-state index contributed by atoms with van der Waals surface area (Å²) in [6.07, 6.45) is 8.18. The number of ether oxygens (including phenoxy) is 2. The molecule has 12 nitrogen and oxygen atoms in total. The fourth-order valence-corrected chi connectivity index (χ4v) is 7.55. The van der Waals surface area contributed by atoms with E-state index in [9.17, 15) is 9.59 Å². The summed E-state index contributed by atoms with van der Waals surface area (Å²) in [6.45, 7) is 9.33. The number of fused-ring (bicyclic) bond motifs is 1. The number of nitrogens with one attached hydrogen (secondary N) is 2. The number of benzene rings is 2. The number of hydrazone groups is 1. The van der Waals surface area contributed by atoms with Gasteiger partial charge in [0.05, 0.1) is 25.0 Å². The molecule has 1 saturated heterocycles. The summed E-state index contributed by atoms with van der Waals surface area (Å²) in [7, 11) is 0. The molecule has 5 rings (SSSR count). The van der Waals surface area contributed by atoms with Gasteiger partial charge < -0.3 is 29.9 Å². The Morgan fingerprint density at radius 1 is 1.06 bits per heavy atom. The first kappa shape index (κ1) is 36.1. The van der Waals surface area contributed by atoms with Crippen molar-refractivity contribution in [1.82, 2.24) is 20.9 Å². The van der Waals surface area contributed by atoms with Crippen LogP contribution in [0.5, 0.6) is 5.75 Å². The highest BCUT2D eigenvalue weighted by molar-refractivity contribution is 6.02. The Kier molecular flexibility index (Phi) is 12.5. The van der Waals surface area contributed by atoms with Gasteiger partial charge in [-0.2, -0.15) is 0 Å². The number of amidine groups is 1. The molecule has 6 N–H and O–H groups in total. The van der Waals surface area contributed by atoms with Crippen molar-refractivity contribution < 1.29 is 23.6 Å². The lowest BCUT2D eigenvalue weighted by Crippen LogP contribution is -2.42. The van der Waals surface area contributed by atoms with Crippen molar-refractivity contribution in [3.05, 3.63) is 48.0 Å². The van der Waals surface area contributed by atoms with Gasteiger partial charge in [-0.25, -0.2) is 11.4 Å². The van der Waals surface area contributed by atoms with Crippen LogP contribution >= 0.6 is 0 Å². The molecule has 1 aliphatic heterocycles. The van der Waals surface area contributed by atoms with Gasteiger partial charge in [0.25, 0.3) is 0 Å². The maximum absolute atomic E-state index is 12.9. The van der Waals surface area contributed by atoms with E-state index < -0.39 is 0 Å². The van der Waals surface area contributed by atoms with Crippen molar-refractivity contribution in [2.24, 2.45) is 33.9 Å². The van der Waals surface area contributed by atoms with E-state index in [1.54, 1.807) is 6.07 Å². The van der Waals surface area contributed by atoms with E-state index in [1.165, 1.54) is 12.8 Å². The quantitative estimate of drug-likeness (QED) is 0.0453. The van der Waals surface area contributed by atoms with Crippen LogP contribution in [0.3, 0.4) is 0 Å². The van der Waals surface area contributed by atoms with E-state index in [-0.39, 0.29) is 29.2 Å². The van der Waals surface area contributed by atoms with Crippen molar-refractivity contribution in [3.8, 4) is 17.1 Å². The molecule has 2 unspecified atom stereocenters. The zero-order chi connectivity index (χ0) is 34.8. The summed E-state index contributed by atoms with van der Waals surface area (Å²) in [5.41, 5.74) is 10.5. The Labute approximate surface area is 289 Å². The molecular weight excluding hydrogens is 622 g/mol. The SMILES string of the molecule is CCC1(CC(=O)NCCOCCC(=O)N2CCC(Oc3cccc(-c4onc5ccc(/C(N)=N/NN)cc45)c3)CC2)CC(C)CCC(C)C1. The third-order valence-electron chi connectivity index (χ3n) is 10.2. The summed E-state index contributed by atoms with van der Waals surface area (Å²) >= 11 is 0. The van der Waals surface area contributed by atoms with Gasteiger partial charge in [-0.1, -0.05) is 50.9 Å². The Balaban J connectivity index is 1.01. The Morgan fingerprint density at radius 3 is 2.53 bits per heavy atom. The first-order valence-corrected chi connectivity index (χ1v) is 17.8. The molecular formula is C37H53N7O5. The summed E-state index contributed by atoms with van der Waals surface area (Å²) in [6, 6.07) is 13.2. The standard InChI is InChI=1S/C37H53N7O5/c1-4-37(22-25(2)8-9-26(3)23-37)24-33(45)40-15-19-47-18-14-34(46)44-16-12-29(13-17-44)48-30-7-5-6-27(20-30)35-31-21-28(36(38)41-43-39)10-11-32(31)42-49-35/h5-7,10-11,20-21,25-26,29,43H,4,8-9,12-19,22-24,39H2,1-3H3,(H2,38,41)(H,40,45). The number of amides is 2. The zero-order valence-corrected chi connectivity index (χ0v) is 29.2. The predicted octanol–water partition coefficient (Wildman–Crippen LogP) is 5.10. The molecule has 2 amide bonds. The molecule has 2 heterocycles. The van der Waals surface area contributed by atoms with E-state index in [2.05, 4.69) is 41.9 Å². The highest BCUT2D eigenvalue weighted by Gasteiger charge is 2.36. The van der Waals surface area contributed by atoms with Crippen LogP contribution in [0.1, 0.15) is 84.1 Å². The molecule has 266 valence electrons. The second-order valence-corrected chi connectivity index (χ2v) is 14.0. The smallest absolute Gasteiger partial charge is 0.224 e. The second kappa shape index (κ2) is 17.0. The van der Waals surface area contributed by atoms with Gasteiger partial charge in [0.15, 0.2) is 11.6 Å². The number of carbonyl (C=O) groups excluding carboxylic acids is 2. The molecule has 2 atom stereocenters. The van der Waals surface area contributed by atoms with Crippen LogP contribution in [0.15, 0.2) is 52.1 Å². The number of aromatic nitrogens is 1. The highest BCUT2D eigenvalue weighted by atomic mass is 16.5. The minimum absolute atomic E-state index is 0.00624. The van der Waals surface area contributed by atoms with Gasteiger partial charge in [0.1, 0.15) is 17.4 Å². The largest absolute Gasteiger partial charge is 0.490 e. The van der Waals surface area contributed by atoms with Gasteiger partial charge in [-0.15, -0.1) is 5.10 Å². The third-order valence-corrected chi connectivity index (χ3v) is 10.2. The summed E-state index contributed by atoms with van der Waals surface area (Å²) in [5.74, 6) is 8.37. The number of piperidine rings is 1. The van der Waals surface area contributed by atoms with E-state index in [4.69, 9.17) is 25.6 Å². The van der Waals surface area contributed by atoms with Crippen molar-refractivity contribution >= 4 is 28.6 Å². The number of rotatable bonds is 14. The van der Waals surface area contributed by atoms with Crippen molar-refractivity contribution in [1.29, 1.82) is 0 Å². The number of nitrogens with two attached hydrogens (primary N) is 2. The first-order chi connectivity index (χ1) is 23.7. The number of carbonyl (C=O) groups is 2. The molecule has 49 heavy (non-hydrogen) atoms. The normalized spacial score (nSPS) is 22.1. The molecule has 1 aliphatic carbocycles. The van der Waals surface area contributed by atoms with E-state index >= 15 is 0 Å². The molecule has 0 spiro atoms. The average Bonchev–Trinajstić information content (AvgIpc) is 3.46. The van der Waals surface area contributed by atoms with Crippen LogP contribution in [0.2, 0.25) is 0 Å². The maximum Gasteiger partial charge on any atom is 0.224 e. The van der Waals surface area contributed by atoms with Gasteiger partial charge in [0.2, 0.25) is 11.8 Å². The monoisotopic (exact) mass is 675 g/mol. The van der Waals surface area contributed by atoms with Crippen molar-refractivity contribution in [2.75, 3.05) is 32.8 Å². The van der Waals surface area contributed by atoms with Gasteiger partial charge in [-0.3, -0.25) is 9.59 Å². The summed E-state index contributed by atoms with van der Waals surface area (Å²) in [4.78, 5) is 27.5. The molecule has 1 aromatic heterocycles. The minimum atomic E-state index is -0.00624. The van der Waals surface area contributed by atoms with Crippen LogP contribution in [-0.2, 0) is 14.3 Å². The van der Waals surface area contributed by atoms with E-state index in [0.717, 1.165) is 48.8 Å². The Bertz CT molecular complexity index is 1570. The third kappa shape index (κ3) is 9.72. The fraction of sp³-hybridized carbons (Fsp3) is 0.568. The predicted molar refractivity (Wildman–Crippen MR) is 190 cm³/mol. The van der Waals surface area contributed by atoms with E-state index in [1.807, 2.05) is 41.3 Å². The average molecular weight is 676 g/mol. The van der Waals surface area contributed by atoms with Crippen LogP contribution in [0, 0.1) is 17.3 Å². The molecule has 2 fully saturated rings. The summed E-state index contributed by atoms with van der Waals surface area (Å²) < 4.78 is 17.7. The minimum Gasteiger partial charge on any atom is -0.490 e. The fourth-order valence-electron chi connectivity index (χ4n) is 7.55. The van der Waals surface area contributed by atoms with Crippen molar-refractivity contribution in [3.63, 3.8) is 0 Å². The number of hydrogen-bond acceptors (Lipinski definition) is 9. The molecule has 0 bridgehead atoms. The lowest BCUT2D eigenvalue weighted by atomic mass is 9.71. The van der Waals surface area contributed by atoms with Gasteiger partial charge >= 0.3 is 0 Å². The molecule has 2 aromatic carbocycles. The number of hydrogen-bond donors (Lipinski definition) is 4. The van der Waals surface area contributed by atoms with Gasteiger partial charge in [0, 0.05) is 50.0 Å². The lowest BCUT2D eigenvalue weighted by molar-refractivity contribution is -0.134. The zero-order valence-electron chi connectivity index (χ0n) is 29.2. The summed E-state index contributed by atoms with van der Waals surface area (Å²) in [5, 5.41) is 11.9. The highest BCUT2D eigenvalue weighted by Crippen LogP contribution is 2.45. The number of hydrazine groups is 1. The van der Waals surface area contributed by atoms with Crippen LogP contribution < -0.4 is 27.2 Å². The molecule has 2 aliphatic rings. The van der Waals surface area contributed by atoms with Crippen LogP contribution in [0.25, 0.3) is 22.2 Å². The van der Waals surface area contributed by atoms with Crippen molar-refractivity contribution in [2.45, 2.75) is 84.7 Å². The Hall–Kier alpha value is -4.16. The Morgan fingerprint density at radius 2 is 1.82 bits per heavy atom. The lowest BCUT2D eigenvalue weighted by Gasteiger charge is -2.34. The molecule has 3 aromatic rings. The number of nitrogens with zero attached hydrogens (tertiary/aromatic N) is 3. The molecule has 12 heteroatoms. The first-order valence-electron chi connectivity index (χ1n) is 17.8. The topological polar surface area (TPSA) is 170 Å². The second-order valence-electron chi connectivity index (χ2n) is 14.0. The molecule has 1 saturated carbocycles.